The summed E-state index contributed by atoms with van der Waals surface area (Å²) < 4.78 is 39.2. The van der Waals surface area contributed by atoms with E-state index in [0.717, 1.165) is 6.07 Å². The fourth-order valence-electron chi connectivity index (χ4n) is 2.03. The first-order chi connectivity index (χ1) is 8.45. The molecule has 0 spiro atoms. The number of anilines is 1. The summed E-state index contributed by atoms with van der Waals surface area (Å²) in [6, 6.07) is 3.52. The van der Waals surface area contributed by atoms with Gasteiger partial charge in [0.1, 0.15) is 10.7 Å². The summed E-state index contributed by atoms with van der Waals surface area (Å²) in [6.07, 6.45) is 0.590. The van der Waals surface area contributed by atoms with Gasteiger partial charge < -0.3 is 10.8 Å². The standard InChI is InChI=1S/C11H15FN2O3S/c12-10-5-9(13)1-2-11(10)18(16,17)14-4-3-8(6-14)7-15/h1-2,5,8,15H,3-4,6-7,13H2. The third-order valence-electron chi connectivity index (χ3n) is 3.08. The highest BCUT2D eigenvalue weighted by molar-refractivity contribution is 7.89. The van der Waals surface area contributed by atoms with Crippen molar-refractivity contribution in [1.82, 2.24) is 4.31 Å². The lowest BCUT2D eigenvalue weighted by Gasteiger charge is -2.16. The highest BCUT2D eigenvalue weighted by atomic mass is 32.2. The number of nitrogens with two attached hydrogens (primary N) is 1. The first kappa shape index (κ1) is 13.3. The Morgan fingerprint density at radius 2 is 2.22 bits per heavy atom. The molecule has 0 aliphatic carbocycles. The molecule has 1 fully saturated rings. The minimum Gasteiger partial charge on any atom is -0.399 e. The molecule has 2 rings (SSSR count). The number of sulfonamides is 1. The molecule has 0 aromatic heterocycles. The van der Waals surface area contributed by atoms with Gasteiger partial charge in [0.05, 0.1) is 0 Å². The smallest absolute Gasteiger partial charge is 0.245 e. The van der Waals surface area contributed by atoms with E-state index in [0.29, 0.717) is 13.0 Å². The third-order valence-corrected chi connectivity index (χ3v) is 4.98. The molecule has 1 atom stereocenters. The van der Waals surface area contributed by atoms with E-state index in [1.165, 1.54) is 16.4 Å². The lowest BCUT2D eigenvalue weighted by atomic mass is 10.1. The minimum atomic E-state index is -3.84. The lowest BCUT2D eigenvalue weighted by Crippen LogP contribution is -2.30. The van der Waals surface area contributed by atoms with Crippen LogP contribution in [0.2, 0.25) is 0 Å². The van der Waals surface area contributed by atoms with E-state index in [1.807, 2.05) is 0 Å². The Morgan fingerprint density at radius 3 is 2.78 bits per heavy atom. The number of aliphatic hydroxyl groups excluding tert-OH is 1. The maximum Gasteiger partial charge on any atom is 0.245 e. The zero-order valence-electron chi connectivity index (χ0n) is 9.71. The average Bonchev–Trinajstić information content (AvgIpc) is 2.77. The maximum atomic E-state index is 13.6. The van der Waals surface area contributed by atoms with E-state index >= 15 is 0 Å². The van der Waals surface area contributed by atoms with Crippen LogP contribution in [0, 0.1) is 11.7 Å². The molecule has 3 N–H and O–H groups in total. The van der Waals surface area contributed by atoms with Gasteiger partial charge in [0, 0.05) is 25.4 Å². The summed E-state index contributed by atoms with van der Waals surface area (Å²) in [5, 5.41) is 9.00. The summed E-state index contributed by atoms with van der Waals surface area (Å²) in [6.45, 7) is 0.469. The van der Waals surface area contributed by atoms with Crippen molar-refractivity contribution in [2.75, 3.05) is 25.4 Å². The quantitative estimate of drug-likeness (QED) is 0.782. The van der Waals surface area contributed by atoms with Crippen LogP contribution in [-0.4, -0.2) is 37.5 Å². The molecule has 1 aliphatic rings. The maximum absolute atomic E-state index is 13.6. The summed E-state index contributed by atoms with van der Waals surface area (Å²) >= 11 is 0. The number of aliphatic hydroxyl groups is 1. The number of rotatable bonds is 3. The van der Waals surface area contributed by atoms with Gasteiger partial charge in [0.2, 0.25) is 10.0 Å². The van der Waals surface area contributed by atoms with Crippen molar-refractivity contribution < 1.29 is 17.9 Å². The molecule has 18 heavy (non-hydrogen) atoms. The van der Waals surface area contributed by atoms with E-state index in [2.05, 4.69) is 0 Å². The largest absolute Gasteiger partial charge is 0.399 e. The molecule has 0 saturated carbocycles. The number of hydrogen-bond acceptors (Lipinski definition) is 4. The lowest BCUT2D eigenvalue weighted by molar-refractivity contribution is 0.233. The Labute approximate surface area is 105 Å². The Kier molecular flexibility index (Phi) is 3.56. The average molecular weight is 274 g/mol. The van der Waals surface area contributed by atoms with Crippen molar-refractivity contribution in [3.8, 4) is 0 Å². The molecule has 1 aromatic carbocycles. The first-order valence-electron chi connectivity index (χ1n) is 5.61. The molecule has 7 heteroatoms. The fraction of sp³-hybridized carbons (Fsp3) is 0.455. The van der Waals surface area contributed by atoms with Crippen LogP contribution in [0.5, 0.6) is 0 Å². The minimum absolute atomic E-state index is 0.0593. The van der Waals surface area contributed by atoms with Crippen molar-refractivity contribution in [1.29, 1.82) is 0 Å². The summed E-state index contributed by atoms with van der Waals surface area (Å²) in [4.78, 5) is -0.365. The van der Waals surface area contributed by atoms with Gasteiger partial charge in [-0.15, -0.1) is 0 Å². The van der Waals surface area contributed by atoms with Crippen LogP contribution < -0.4 is 5.73 Å². The zero-order valence-corrected chi connectivity index (χ0v) is 10.5. The highest BCUT2D eigenvalue weighted by Gasteiger charge is 2.33. The van der Waals surface area contributed by atoms with E-state index in [4.69, 9.17) is 10.8 Å². The molecule has 1 heterocycles. The Morgan fingerprint density at radius 1 is 1.50 bits per heavy atom. The molecule has 1 aliphatic heterocycles. The van der Waals surface area contributed by atoms with E-state index in [9.17, 15) is 12.8 Å². The van der Waals surface area contributed by atoms with Gasteiger partial charge in [0.25, 0.3) is 0 Å². The number of nitrogens with zero attached hydrogens (tertiary/aromatic N) is 1. The van der Waals surface area contributed by atoms with Gasteiger partial charge in [0.15, 0.2) is 0 Å². The summed E-state index contributed by atoms with van der Waals surface area (Å²) in [5.41, 5.74) is 5.57. The molecule has 0 radical (unpaired) electrons. The fourth-order valence-corrected chi connectivity index (χ4v) is 3.61. The van der Waals surface area contributed by atoms with Crippen LogP contribution in [-0.2, 0) is 10.0 Å². The molecular weight excluding hydrogens is 259 g/mol. The van der Waals surface area contributed by atoms with E-state index in [-0.39, 0.29) is 29.7 Å². The first-order valence-corrected chi connectivity index (χ1v) is 7.05. The van der Waals surface area contributed by atoms with Crippen LogP contribution in [0.15, 0.2) is 23.1 Å². The van der Waals surface area contributed by atoms with Gasteiger partial charge in [-0.1, -0.05) is 0 Å². The Hall–Kier alpha value is -1.18. The van der Waals surface area contributed by atoms with Crippen LogP contribution >= 0.6 is 0 Å². The molecule has 0 bridgehead atoms. The highest BCUT2D eigenvalue weighted by Crippen LogP contribution is 2.26. The second-order valence-corrected chi connectivity index (χ2v) is 6.30. The number of halogens is 1. The van der Waals surface area contributed by atoms with Crippen LogP contribution in [0.3, 0.4) is 0 Å². The van der Waals surface area contributed by atoms with Crippen LogP contribution in [0.1, 0.15) is 6.42 Å². The second-order valence-electron chi connectivity index (χ2n) is 4.39. The van der Waals surface area contributed by atoms with Crippen molar-refractivity contribution in [2.24, 2.45) is 5.92 Å². The number of nitrogen functional groups attached to an aromatic ring is 1. The molecule has 1 saturated heterocycles. The van der Waals surface area contributed by atoms with E-state index < -0.39 is 15.8 Å². The van der Waals surface area contributed by atoms with Crippen molar-refractivity contribution >= 4 is 15.7 Å². The van der Waals surface area contributed by atoms with Crippen molar-refractivity contribution in [2.45, 2.75) is 11.3 Å². The number of hydrogen-bond donors (Lipinski definition) is 2. The normalized spacial score (nSPS) is 21.3. The van der Waals surface area contributed by atoms with Crippen molar-refractivity contribution in [3.05, 3.63) is 24.0 Å². The van der Waals surface area contributed by atoms with Crippen LogP contribution in [0.4, 0.5) is 10.1 Å². The number of benzene rings is 1. The topological polar surface area (TPSA) is 83.6 Å². The molecule has 1 aromatic rings. The Balaban J connectivity index is 2.31. The second kappa shape index (κ2) is 4.83. The van der Waals surface area contributed by atoms with Gasteiger partial charge in [-0.3, -0.25) is 0 Å². The van der Waals surface area contributed by atoms with Gasteiger partial charge >= 0.3 is 0 Å². The van der Waals surface area contributed by atoms with Crippen LogP contribution in [0.25, 0.3) is 0 Å². The molecule has 100 valence electrons. The molecular formula is C11H15FN2O3S. The predicted molar refractivity (Wildman–Crippen MR) is 64.8 cm³/mol. The predicted octanol–water partition coefficient (Wildman–Crippen LogP) is 0.411. The SMILES string of the molecule is Nc1ccc(S(=O)(=O)N2CCC(CO)C2)c(F)c1. The van der Waals surface area contributed by atoms with Gasteiger partial charge in [-0.25, -0.2) is 12.8 Å². The molecule has 5 nitrogen and oxygen atoms in total. The zero-order chi connectivity index (χ0) is 13.3. The van der Waals surface area contributed by atoms with Crippen molar-refractivity contribution in [3.63, 3.8) is 0 Å². The van der Waals surface area contributed by atoms with E-state index in [1.54, 1.807) is 0 Å². The van der Waals surface area contributed by atoms with Gasteiger partial charge in [-0.2, -0.15) is 4.31 Å². The third kappa shape index (κ3) is 2.33. The Bertz CT molecular complexity index is 547. The molecule has 1 unspecified atom stereocenters. The summed E-state index contributed by atoms with van der Waals surface area (Å²) in [7, 11) is -3.84. The molecule has 0 amide bonds. The monoisotopic (exact) mass is 274 g/mol. The van der Waals surface area contributed by atoms with Gasteiger partial charge in [-0.05, 0) is 30.5 Å². The summed E-state index contributed by atoms with van der Waals surface area (Å²) in [5.74, 6) is -0.918.